The fourth-order valence-electron chi connectivity index (χ4n) is 2.37. The zero-order chi connectivity index (χ0) is 17.4. The minimum Gasteiger partial charge on any atom is -0.369 e. The SMILES string of the molecule is CCCC1=C(Cl)C(=O)N(c2noc(C(C)(C)C#N)c2C#N)C1O. The smallest absolute Gasteiger partial charge is 0.273 e. The molecule has 23 heavy (non-hydrogen) atoms. The molecular weight excluding hydrogens is 320 g/mol. The number of anilines is 1. The van der Waals surface area contributed by atoms with E-state index in [-0.39, 0.29) is 22.2 Å². The molecular formula is C15H15ClN4O3. The summed E-state index contributed by atoms with van der Waals surface area (Å²) in [5.41, 5.74) is -0.786. The van der Waals surface area contributed by atoms with Crippen molar-refractivity contribution in [2.45, 2.75) is 45.3 Å². The van der Waals surface area contributed by atoms with E-state index >= 15 is 0 Å². The van der Waals surface area contributed by atoms with Crippen molar-refractivity contribution in [3.05, 3.63) is 21.9 Å². The summed E-state index contributed by atoms with van der Waals surface area (Å²) in [4.78, 5) is 13.2. The zero-order valence-corrected chi connectivity index (χ0v) is 13.7. The van der Waals surface area contributed by atoms with Crippen molar-refractivity contribution < 1.29 is 14.4 Å². The maximum Gasteiger partial charge on any atom is 0.273 e. The van der Waals surface area contributed by atoms with Crippen LogP contribution in [-0.2, 0) is 10.2 Å². The summed E-state index contributed by atoms with van der Waals surface area (Å²) in [6.45, 7) is 5.02. The molecule has 0 saturated heterocycles. The fourth-order valence-corrected chi connectivity index (χ4v) is 2.65. The van der Waals surface area contributed by atoms with E-state index in [0.717, 1.165) is 4.90 Å². The molecule has 0 aromatic carbocycles. The summed E-state index contributed by atoms with van der Waals surface area (Å²) in [6, 6.07) is 3.90. The number of carbonyl (C=O) groups excluding carboxylic acids is 1. The fraction of sp³-hybridized carbons (Fsp3) is 0.467. The monoisotopic (exact) mass is 334 g/mol. The van der Waals surface area contributed by atoms with Crippen molar-refractivity contribution >= 4 is 23.3 Å². The molecule has 0 bridgehead atoms. The number of nitriles is 2. The molecule has 0 radical (unpaired) electrons. The largest absolute Gasteiger partial charge is 0.369 e. The first-order chi connectivity index (χ1) is 10.8. The van der Waals surface area contributed by atoms with Gasteiger partial charge < -0.3 is 9.63 Å². The second-order valence-corrected chi connectivity index (χ2v) is 6.07. The van der Waals surface area contributed by atoms with Gasteiger partial charge in [0.15, 0.2) is 17.8 Å². The molecule has 0 aliphatic carbocycles. The highest BCUT2D eigenvalue weighted by Gasteiger charge is 2.42. The molecule has 1 unspecified atom stereocenters. The van der Waals surface area contributed by atoms with Gasteiger partial charge in [-0.15, -0.1) is 0 Å². The molecule has 1 atom stereocenters. The molecule has 1 N–H and O–H groups in total. The van der Waals surface area contributed by atoms with Crippen LogP contribution in [0.1, 0.15) is 44.9 Å². The van der Waals surface area contributed by atoms with E-state index in [9.17, 15) is 20.4 Å². The lowest BCUT2D eigenvalue weighted by molar-refractivity contribution is -0.115. The Labute approximate surface area is 138 Å². The maximum atomic E-state index is 12.3. The maximum absolute atomic E-state index is 12.3. The third kappa shape index (κ3) is 2.59. The van der Waals surface area contributed by atoms with Crippen LogP contribution < -0.4 is 4.90 Å². The normalized spacial score (nSPS) is 18.3. The van der Waals surface area contributed by atoms with Gasteiger partial charge in [-0.3, -0.25) is 9.69 Å². The molecule has 0 saturated carbocycles. The Kier molecular flexibility index (Phi) is 4.46. The molecule has 1 aliphatic rings. The first-order valence-corrected chi connectivity index (χ1v) is 7.39. The van der Waals surface area contributed by atoms with E-state index in [1.54, 1.807) is 13.8 Å². The number of rotatable bonds is 4. The quantitative estimate of drug-likeness (QED) is 0.903. The standard InChI is InChI=1S/C15H15ClN4O3/c1-4-5-8-10(16)14(22)20(13(8)21)12-9(6-17)11(23-19-12)15(2,3)7-18/h13,21H,4-5H2,1-3H3. The summed E-state index contributed by atoms with van der Waals surface area (Å²) < 4.78 is 5.12. The van der Waals surface area contributed by atoms with E-state index in [1.165, 1.54) is 0 Å². The highest BCUT2D eigenvalue weighted by Crippen LogP contribution is 2.38. The number of hydrogen-bond donors (Lipinski definition) is 1. The van der Waals surface area contributed by atoms with Crippen LogP contribution in [0, 0.1) is 22.7 Å². The van der Waals surface area contributed by atoms with E-state index in [0.29, 0.717) is 18.4 Å². The Morgan fingerprint density at radius 1 is 1.48 bits per heavy atom. The second-order valence-electron chi connectivity index (χ2n) is 5.70. The molecule has 7 nitrogen and oxygen atoms in total. The molecule has 1 amide bonds. The van der Waals surface area contributed by atoms with E-state index in [1.807, 2.05) is 19.1 Å². The van der Waals surface area contributed by atoms with Crippen LogP contribution in [0.15, 0.2) is 15.1 Å². The number of aliphatic hydroxyl groups excluding tert-OH is 1. The molecule has 120 valence electrons. The van der Waals surface area contributed by atoms with Gasteiger partial charge in [-0.1, -0.05) is 30.1 Å². The Hall–Kier alpha value is -2.35. The highest BCUT2D eigenvalue weighted by atomic mass is 35.5. The van der Waals surface area contributed by atoms with Gasteiger partial charge in [0.2, 0.25) is 0 Å². The topological polar surface area (TPSA) is 114 Å². The van der Waals surface area contributed by atoms with Crippen LogP contribution >= 0.6 is 11.6 Å². The van der Waals surface area contributed by atoms with Gasteiger partial charge in [-0.2, -0.15) is 10.5 Å². The van der Waals surface area contributed by atoms with Crippen LogP contribution in [0.3, 0.4) is 0 Å². The Bertz CT molecular complexity index is 767. The second kappa shape index (κ2) is 6.04. The summed E-state index contributed by atoms with van der Waals surface area (Å²) in [7, 11) is 0. The molecule has 1 aliphatic heterocycles. The lowest BCUT2D eigenvalue weighted by atomic mass is 9.90. The number of aliphatic hydroxyl groups is 1. The number of carbonyl (C=O) groups is 1. The number of aromatic nitrogens is 1. The Morgan fingerprint density at radius 2 is 2.13 bits per heavy atom. The van der Waals surface area contributed by atoms with Gasteiger partial charge in [-0.25, -0.2) is 0 Å². The highest BCUT2D eigenvalue weighted by molar-refractivity contribution is 6.45. The molecule has 0 fully saturated rings. The number of halogens is 1. The van der Waals surface area contributed by atoms with Gasteiger partial charge in [0, 0.05) is 5.57 Å². The number of amides is 1. The predicted octanol–water partition coefficient (Wildman–Crippen LogP) is 2.31. The summed E-state index contributed by atoms with van der Waals surface area (Å²) in [5.74, 6) is -0.737. The lowest BCUT2D eigenvalue weighted by Gasteiger charge is -2.20. The van der Waals surface area contributed by atoms with Crippen molar-refractivity contribution in [1.29, 1.82) is 10.5 Å². The minimum atomic E-state index is -1.30. The van der Waals surface area contributed by atoms with E-state index < -0.39 is 17.6 Å². The van der Waals surface area contributed by atoms with Crippen molar-refractivity contribution in [2.24, 2.45) is 0 Å². The van der Waals surface area contributed by atoms with Crippen LogP contribution in [0.5, 0.6) is 0 Å². The first-order valence-electron chi connectivity index (χ1n) is 7.01. The van der Waals surface area contributed by atoms with Crippen LogP contribution in [-0.4, -0.2) is 22.4 Å². The molecule has 8 heteroatoms. The molecule has 0 spiro atoms. The van der Waals surface area contributed by atoms with Gasteiger partial charge >= 0.3 is 0 Å². The van der Waals surface area contributed by atoms with Crippen molar-refractivity contribution in [2.75, 3.05) is 4.90 Å². The van der Waals surface area contributed by atoms with Crippen LogP contribution in [0.25, 0.3) is 0 Å². The minimum absolute atomic E-state index is 0.0394. The van der Waals surface area contributed by atoms with Gasteiger partial charge in [0.05, 0.1) is 6.07 Å². The average molecular weight is 335 g/mol. The molecule has 2 heterocycles. The zero-order valence-electron chi connectivity index (χ0n) is 12.9. The Balaban J connectivity index is 2.52. The predicted molar refractivity (Wildman–Crippen MR) is 81.1 cm³/mol. The number of hydrogen-bond acceptors (Lipinski definition) is 6. The summed E-state index contributed by atoms with van der Waals surface area (Å²) in [6.07, 6.45) is -0.163. The van der Waals surface area contributed by atoms with Crippen LogP contribution in [0.4, 0.5) is 5.82 Å². The molecule has 1 aromatic rings. The van der Waals surface area contributed by atoms with E-state index in [2.05, 4.69) is 5.16 Å². The van der Waals surface area contributed by atoms with Gasteiger partial charge in [0.25, 0.3) is 5.91 Å². The number of nitrogens with zero attached hydrogens (tertiary/aromatic N) is 4. The Morgan fingerprint density at radius 3 is 2.65 bits per heavy atom. The van der Waals surface area contributed by atoms with Gasteiger partial charge in [-0.05, 0) is 20.3 Å². The van der Waals surface area contributed by atoms with E-state index in [4.69, 9.17) is 16.1 Å². The van der Waals surface area contributed by atoms with Crippen molar-refractivity contribution in [3.63, 3.8) is 0 Å². The molecule has 1 aromatic heterocycles. The lowest BCUT2D eigenvalue weighted by Crippen LogP contribution is -2.36. The van der Waals surface area contributed by atoms with Crippen molar-refractivity contribution in [1.82, 2.24) is 5.16 Å². The third-order valence-corrected chi connectivity index (χ3v) is 4.03. The van der Waals surface area contributed by atoms with Crippen molar-refractivity contribution in [3.8, 4) is 12.1 Å². The van der Waals surface area contributed by atoms with Gasteiger partial charge in [0.1, 0.15) is 22.1 Å². The third-order valence-electron chi connectivity index (χ3n) is 3.63. The molecule has 2 rings (SSSR count). The van der Waals surface area contributed by atoms with Crippen LogP contribution in [0.2, 0.25) is 0 Å². The summed E-state index contributed by atoms with van der Waals surface area (Å²) >= 11 is 6.00. The summed E-state index contributed by atoms with van der Waals surface area (Å²) in [5, 5.41) is 32.6. The average Bonchev–Trinajstić information content (AvgIpc) is 3.03. The first kappa shape index (κ1) is 17.0.